The lowest BCUT2D eigenvalue weighted by Crippen LogP contribution is -2.36. The number of amidine groups is 1. The molecule has 1 saturated heterocycles. The summed E-state index contributed by atoms with van der Waals surface area (Å²) in [4.78, 5) is 2.45. The molecule has 20 heavy (non-hydrogen) atoms. The van der Waals surface area contributed by atoms with Crippen LogP contribution in [-0.2, 0) is 0 Å². The van der Waals surface area contributed by atoms with E-state index >= 15 is 0 Å². The predicted molar refractivity (Wildman–Crippen MR) is 83.6 cm³/mol. The number of rotatable bonds is 3. The molecule has 0 saturated carbocycles. The van der Waals surface area contributed by atoms with Gasteiger partial charge in [0.25, 0.3) is 0 Å². The van der Waals surface area contributed by atoms with Crippen LogP contribution in [0.3, 0.4) is 0 Å². The lowest BCUT2D eigenvalue weighted by atomic mass is 10.0. The van der Waals surface area contributed by atoms with E-state index in [9.17, 15) is 0 Å². The molecule has 4 nitrogen and oxygen atoms in total. The van der Waals surface area contributed by atoms with Crippen LogP contribution in [0.25, 0.3) is 0 Å². The third kappa shape index (κ3) is 3.06. The number of hydrogen-bond acceptors (Lipinski definition) is 3. The van der Waals surface area contributed by atoms with Crippen LogP contribution in [0.2, 0.25) is 0 Å². The summed E-state index contributed by atoms with van der Waals surface area (Å²) in [5, 5.41) is 12.2. The van der Waals surface area contributed by atoms with Crippen LogP contribution < -0.4 is 10.6 Å². The van der Waals surface area contributed by atoms with Gasteiger partial charge >= 0.3 is 0 Å². The van der Waals surface area contributed by atoms with Gasteiger partial charge in [-0.05, 0) is 43.9 Å². The highest BCUT2D eigenvalue weighted by Gasteiger charge is 2.23. The van der Waals surface area contributed by atoms with Crippen molar-refractivity contribution >= 4 is 11.5 Å². The molecule has 1 aliphatic rings. The molecule has 1 aliphatic heterocycles. The zero-order chi connectivity index (χ0) is 14.5. The van der Waals surface area contributed by atoms with Crippen molar-refractivity contribution in [1.82, 2.24) is 0 Å². The first-order valence-corrected chi connectivity index (χ1v) is 7.52. The zero-order valence-corrected chi connectivity index (χ0v) is 12.5. The van der Waals surface area contributed by atoms with Gasteiger partial charge in [0.05, 0.1) is 0 Å². The summed E-state index contributed by atoms with van der Waals surface area (Å²) in [6, 6.07) is 6.67. The van der Waals surface area contributed by atoms with Gasteiger partial charge in [-0.25, -0.2) is 0 Å². The minimum atomic E-state index is 0.194. The summed E-state index contributed by atoms with van der Waals surface area (Å²) in [5.41, 5.74) is 8.99. The molecule has 0 bridgehead atoms. The van der Waals surface area contributed by atoms with Gasteiger partial charge in [-0.1, -0.05) is 31.0 Å². The number of nitrogens with two attached hydrogens (primary N) is 1. The second kappa shape index (κ2) is 6.64. The van der Waals surface area contributed by atoms with Crippen molar-refractivity contribution in [1.29, 1.82) is 0 Å². The maximum absolute atomic E-state index is 9.00. The maximum atomic E-state index is 9.00. The number of hydrogen-bond donors (Lipinski definition) is 2. The Balaban J connectivity index is 2.45. The van der Waals surface area contributed by atoms with Crippen LogP contribution in [0.5, 0.6) is 0 Å². The molecule has 4 heteroatoms. The molecule has 0 amide bonds. The third-order valence-corrected chi connectivity index (χ3v) is 4.19. The van der Waals surface area contributed by atoms with Crippen molar-refractivity contribution in [3.05, 3.63) is 29.3 Å². The molecule has 2 rings (SSSR count). The van der Waals surface area contributed by atoms with E-state index in [2.05, 4.69) is 30.0 Å². The Morgan fingerprint density at radius 3 is 2.90 bits per heavy atom. The second-order valence-electron chi connectivity index (χ2n) is 5.61. The van der Waals surface area contributed by atoms with E-state index in [1.165, 1.54) is 31.2 Å². The number of aryl methyl sites for hydroxylation is 1. The van der Waals surface area contributed by atoms with E-state index in [-0.39, 0.29) is 5.84 Å². The summed E-state index contributed by atoms with van der Waals surface area (Å²) >= 11 is 0. The van der Waals surface area contributed by atoms with Crippen LogP contribution in [0.15, 0.2) is 23.4 Å². The van der Waals surface area contributed by atoms with Gasteiger partial charge < -0.3 is 15.8 Å². The average molecular weight is 275 g/mol. The summed E-state index contributed by atoms with van der Waals surface area (Å²) in [6.07, 6.45) is 6.14. The van der Waals surface area contributed by atoms with Crippen LogP contribution in [0.1, 0.15) is 50.2 Å². The van der Waals surface area contributed by atoms with E-state index in [1.54, 1.807) is 0 Å². The molecule has 1 unspecified atom stereocenters. The van der Waals surface area contributed by atoms with E-state index in [4.69, 9.17) is 10.9 Å². The molecule has 0 spiro atoms. The Hall–Kier alpha value is -1.71. The first kappa shape index (κ1) is 14.7. The number of anilines is 1. The normalized spacial score (nSPS) is 20.8. The number of benzene rings is 1. The van der Waals surface area contributed by atoms with E-state index in [0.717, 1.165) is 24.2 Å². The van der Waals surface area contributed by atoms with Gasteiger partial charge in [0.1, 0.15) is 0 Å². The molecule has 1 fully saturated rings. The van der Waals surface area contributed by atoms with Crippen LogP contribution in [-0.4, -0.2) is 23.6 Å². The molecule has 0 aliphatic carbocycles. The Bertz CT molecular complexity index is 485. The van der Waals surface area contributed by atoms with Crippen LogP contribution in [0, 0.1) is 6.92 Å². The van der Waals surface area contributed by atoms with Gasteiger partial charge in [-0.3, -0.25) is 0 Å². The molecular formula is C16H25N3O. The number of oxime groups is 1. The fourth-order valence-electron chi connectivity index (χ4n) is 3.07. The highest BCUT2D eigenvalue weighted by Crippen LogP contribution is 2.29. The van der Waals surface area contributed by atoms with Crippen LogP contribution >= 0.6 is 0 Å². The maximum Gasteiger partial charge on any atom is 0.172 e. The van der Waals surface area contributed by atoms with Crippen molar-refractivity contribution in [2.24, 2.45) is 10.9 Å². The van der Waals surface area contributed by atoms with Crippen LogP contribution in [0.4, 0.5) is 5.69 Å². The number of nitrogens with zero attached hydrogens (tertiary/aromatic N) is 2. The van der Waals surface area contributed by atoms with Crippen molar-refractivity contribution in [3.63, 3.8) is 0 Å². The fourth-order valence-corrected chi connectivity index (χ4v) is 3.07. The standard InChI is InChI=1S/C16H25N3O/c1-3-13-7-5-4-6-10-19(13)15-11-12(2)8-9-14(15)16(17)18-20/h8-9,11,13,20H,3-7,10H2,1-2H3,(H2,17,18). The van der Waals surface area contributed by atoms with E-state index < -0.39 is 0 Å². The smallest absolute Gasteiger partial charge is 0.172 e. The fraction of sp³-hybridized carbons (Fsp3) is 0.562. The summed E-state index contributed by atoms with van der Waals surface area (Å²) in [5.74, 6) is 0.194. The topological polar surface area (TPSA) is 61.8 Å². The molecule has 1 heterocycles. The first-order chi connectivity index (χ1) is 9.67. The van der Waals surface area contributed by atoms with Gasteiger partial charge in [0, 0.05) is 23.8 Å². The SMILES string of the molecule is CCC1CCCCCN1c1cc(C)ccc1/C(N)=N/O. The Labute approximate surface area is 121 Å². The monoisotopic (exact) mass is 275 g/mol. The summed E-state index contributed by atoms with van der Waals surface area (Å²) in [7, 11) is 0. The first-order valence-electron chi connectivity index (χ1n) is 7.52. The van der Waals surface area contributed by atoms with E-state index in [1.807, 2.05) is 12.1 Å². The van der Waals surface area contributed by atoms with Crippen molar-refractivity contribution < 1.29 is 5.21 Å². The lowest BCUT2D eigenvalue weighted by molar-refractivity contribution is 0.318. The molecule has 1 aromatic carbocycles. The molecular weight excluding hydrogens is 250 g/mol. The lowest BCUT2D eigenvalue weighted by Gasteiger charge is -2.33. The quantitative estimate of drug-likeness (QED) is 0.385. The minimum Gasteiger partial charge on any atom is -0.409 e. The van der Waals surface area contributed by atoms with E-state index in [0.29, 0.717) is 6.04 Å². The van der Waals surface area contributed by atoms with Crippen molar-refractivity contribution in [3.8, 4) is 0 Å². The highest BCUT2D eigenvalue weighted by atomic mass is 16.4. The van der Waals surface area contributed by atoms with Gasteiger partial charge in [0.2, 0.25) is 0 Å². The minimum absolute atomic E-state index is 0.194. The average Bonchev–Trinajstić information content (AvgIpc) is 2.71. The molecule has 3 N–H and O–H groups in total. The highest BCUT2D eigenvalue weighted by molar-refractivity contribution is 6.02. The largest absolute Gasteiger partial charge is 0.409 e. The summed E-state index contributed by atoms with van der Waals surface area (Å²) in [6.45, 7) is 5.37. The zero-order valence-electron chi connectivity index (χ0n) is 12.5. The summed E-state index contributed by atoms with van der Waals surface area (Å²) < 4.78 is 0. The predicted octanol–water partition coefficient (Wildman–Crippen LogP) is 3.25. The van der Waals surface area contributed by atoms with Gasteiger partial charge in [-0.15, -0.1) is 0 Å². The Kier molecular flexibility index (Phi) is 4.88. The molecule has 1 aromatic rings. The Morgan fingerprint density at radius 2 is 2.20 bits per heavy atom. The van der Waals surface area contributed by atoms with Gasteiger partial charge in [-0.2, -0.15) is 0 Å². The molecule has 110 valence electrons. The third-order valence-electron chi connectivity index (χ3n) is 4.19. The van der Waals surface area contributed by atoms with Crippen molar-refractivity contribution in [2.45, 2.75) is 52.0 Å². The Morgan fingerprint density at radius 1 is 1.40 bits per heavy atom. The van der Waals surface area contributed by atoms with Gasteiger partial charge in [0.15, 0.2) is 5.84 Å². The molecule has 1 atom stereocenters. The second-order valence-corrected chi connectivity index (χ2v) is 5.61. The van der Waals surface area contributed by atoms with Crippen molar-refractivity contribution in [2.75, 3.05) is 11.4 Å². The molecule has 0 aromatic heterocycles. The molecule has 0 radical (unpaired) electrons.